The molecular weight excluding hydrogens is 432 g/mol. The summed E-state index contributed by atoms with van der Waals surface area (Å²) >= 11 is 0. The van der Waals surface area contributed by atoms with Crippen molar-refractivity contribution in [1.82, 2.24) is 10.2 Å². The minimum atomic E-state index is -0.802. The van der Waals surface area contributed by atoms with Crippen molar-refractivity contribution in [3.63, 3.8) is 0 Å². The summed E-state index contributed by atoms with van der Waals surface area (Å²) in [5.41, 5.74) is 4.69. The summed E-state index contributed by atoms with van der Waals surface area (Å²) in [5, 5.41) is 12.2. The molecule has 2 aliphatic carbocycles. The summed E-state index contributed by atoms with van der Waals surface area (Å²) in [6.45, 7) is 1.26. The number of hydrogen-bond acceptors (Lipinski definition) is 4. The van der Waals surface area contributed by atoms with E-state index in [0.717, 1.165) is 24.0 Å². The zero-order valence-corrected chi connectivity index (χ0v) is 19.1. The fourth-order valence-electron chi connectivity index (χ4n) is 5.97. The van der Waals surface area contributed by atoms with E-state index in [-0.39, 0.29) is 30.4 Å². The number of carbonyl (C=O) groups excluding carboxylic acids is 2. The van der Waals surface area contributed by atoms with E-state index in [4.69, 9.17) is 4.74 Å². The molecule has 2 amide bonds. The topological polar surface area (TPSA) is 95.9 Å². The van der Waals surface area contributed by atoms with Crippen molar-refractivity contribution in [2.24, 2.45) is 11.8 Å². The number of rotatable bonds is 7. The number of hydrogen-bond donors (Lipinski definition) is 2. The molecule has 2 bridgehead atoms. The number of ether oxygens (including phenoxy) is 1. The molecule has 2 aromatic carbocycles. The first-order valence-corrected chi connectivity index (χ1v) is 12.1. The average molecular weight is 463 g/mol. The van der Waals surface area contributed by atoms with E-state index in [1.54, 1.807) is 4.90 Å². The maximum Gasteiger partial charge on any atom is 0.407 e. The third kappa shape index (κ3) is 4.27. The highest BCUT2D eigenvalue weighted by atomic mass is 16.5. The van der Waals surface area contributed by atoms with Gasteiger partial charge < -0.3 is 20.1 Å². The van der Waals surface area contributed by atoms with E-state index in [2.05, 4.69) is 29.6 Å². The number of nitrogens with zero attached hydrogens (tertiary/aromatic N) is 1. The second-order valence-electron chi connectivity index (χ2n) is 9.59. The number of nitrogens with one attached hydrogen (secondary N) is 1. The quantitative estimate of drug-likeness (QED) is 0.606. The van der Waals surface area contributed by atoms with Gasteiger partial charge in [-0.1, -0.05) is 48.5 Å². The van der Waals surface area contributed by atoms with Crippen LogP contribution in [0.2, 0.25) is 0 Å². The molecule has 34 heavy (non-hydrogen) atoms. The van der Waals surface area contributed by atoms with Crippen LogP contribution >= 0.6 is 0 Å². The van der Waals surface area contributed by atoms with Gasteiger partial charge in [0.2, 0.25) is 5.91 Å². The van der Waals surface area contributed by atoms with Crippen LogP contribution in [-0.4, -0.2) is 53.7 Å². The predicted molar refractivity (Wildman–Crippen MR) is 126 cm³/mol. The van der Waals surface area contributed by atoms with Gasteiger partial charge in [-0.15, -0.1) is 0 Å². The van der Waals surface area contributed by atoms with Crippen molar-refractivity contribution in [1.29, 1.82) is 0 Å². The molecule has 2 heterocycles. The number of carbonyl (C=O) groups is 3. The molecule has 0 aromatic heterocycles. The molecule has 2 N–H and O–H groups in total. The molecule has 0 spiro atoms. The third-order valence-electron chi connectivity index (χ3n) is 7.60. The van der Waals surface area contributed by atoms with Crippen LogP contribution in [0.4, 0.5) is 4.79 Å². The highest BCUT2D eigenvalue weighted by molar-refractivity contribution is 5.80. The van der Waals surface area contributed by atoms with Crippen LogP contribution in [0.5, 0.6) is 0 Å². The normalized spacial score (nSPS) is 22.7. The highest BCUT2D eigenvalue weighted by Crippen LogP contribution is 2.44. The molecule has 2 aromatic rings. The zero-order chi connectivity index (χ0) is 23.7. The minimum Gasteiger partial charge on any atom is -0.481 e. The number of aliphatic carboxylic acids is 1. The molecule has 3 unspecified atom stereocenters. The SMILES string of the molecule is O=C(NCCCC(=O)N1CC2CCC1C(C(=O)O)C2)OCC1c2ccccc2-c2ccccc21. The van der Waals surface area contributed by atoms with Crippen molar-refractivity contribution in [3.8, 4) is 11.1 Å². The molecule has 2 aliphatic heterocycles. The molecule has 3 fully saturated rings. The van der Waals surface area contributed by atoms with Gasteiger partial charge >= 0.3 is 12.1 Å². The summed E-state index contributed by atoms with van der Waals surface area (Å²) in [5.74, 6) is -0.972. The van der Waals surface area contributed by atoms with Gasteiger partial charge in [0, 0.05) is 31.5 Å². The Hall–Kier alpha value is -3.35. The molecule has 178 valence electrons. The Balaban J connectivity index is 1.08. The summed E-state index contributed by atoms with van der Waals surface area (Å²) < 4.78 is 5.53. The first kappa shape index (κ1) is 22.4. The van der Waals surface area contributed by atoms with Gasteiger partial charge in [0.15, 0.2) is 0 Å². The largest absolute Gasteiger partial charge is 0.481 e. The van der Waals surface area contributed by atoms with Crippen molar-refractivity contribution in [2.75, 3.05) is 19.7 Å². The van der Waals surface area contributed by atoms with Crippen LogP contribution in [-0.2, 0) is 14.3 Å². The maximum absolute atomic E-state index is 12.7. The summed E-state index contributed by atoms with van der Waals surface area (Å²) in [7, 11) is 0. The molecule has 3 atom stereocenters. The van der Waals surface area contributed by atoms with Gasteiger partial charge in [0.05, 0.1) is 5.92 Å². The van der Waals surface area contributed by atoms with Crippen molar-refractivity contribution in [3.05, 3.63) is 59.7 Å². The van der Waals surface area contributed by atoms with E-state index in [9.17, 15) is 19.5 Å². The van der Waals surface area contributed by atoms with Crippen LogP contribution in [0.3, 0.4) is 0 Å². The van der Waals surface area contributed by atoms with Gasteiger partial charge in [-0.3, -0.25) is 9.59 Å². The zero-order valence-electron chi connectivity index (χ0n) is 19.1. The van der Waals surface area contributed by atoms with Gasteiger partial charge in [0.25, 0.3) is 0 Å². The van der Waals surface area contributed by atoms with Crippen LogP contribution in [0.15, 0.2) is 48.5 Å². The lowest BCUT2D eigenvalue weighted by Gasteiger charge is -2.48. The predicted octanol–water partition coefficient (Wildman–Crippen LogP) is 4.02. The lowest BCUT2D eigenvalue weighted by Crippen LogP contribution is -2.57. The van der Waals surface area contributed by atoms with Crippen molar-refractivity contribution in [2.45, 2.75) is 44.1 Å². The second kappa shape index (κ2) is 9.49. The highest BCUT2D eigenvalue weighted by Gasteiger charge is 2.45. The molecule has 6 rings (SSSR count). The fraction of sp³-hybridized carbons (Fsp3) is 0.444. The molecule has 2 saturated heterocycles. The Bertz CT molecular complexity index is 1050. The van der Waals surface area contributed by atoms with Crippen LogP contribution in [0.25, 0.3) is 11.1 Å². The molecule has 7 nitrogen and oxygen atoms in total. The lowest BCUT2D eigenvalue weighted by molar-refractivity contribution is -0.155. The van der Waals surface area contributed by atoms with E-state index < -0.39 is 18.0 Å². The molecule has 0 radical (unpaired) electrons. The molecule has 7 heteroatoms. The number of carboxylic acid groups (broad SMARTS) is 1. The van der Waals surface area contributed by atoms with Gasteiger partial charge in [-0.25, -0.2) is 4.79 Å². The smallest absolute Gasteiger partial charge is 0.407 e. The van der Waals surface area contributed by atoms with E-state index >= 15 is 0 Å². The molecule has 4 aliphatic rings. The van der Waals surface area contributed by atoms with E-state index in [0.29, 0.717) is 32.4 Å². The summed E-state index contributed by atoms with van der Waals surface area (Å²) in [6, 6.07) is 16.2. The third-order valence-corrected chi connectivity index (χ3v) is 7.60. The number of piperidine rings is 2. The fourth-order valence-corrected chi connectivity index (χ4v) is 5.97. The Morgan fingerprint density at radius 3 is 2.32 bits per heavy atom. The van der Waals surface area contributed by atoms with Gasteiger partial charge in [0.1, 0.15) is 6.61 Å². The lowest BCUT2D eigenvalue weighted by atomic mass is 9.72. The Morgan fingerprint density at radius 2 is 1.68 bits per heavy atom. The Labute approximate surface area is 199 Å². The Morgan fingerprint density at radius 1 is 1.00 bits per heavy atom. The monoisotopic (exact) mass is 462 g/mol. The Kier molecular flexibility index (Phi) is 6.26. The number of carboxylic acids is 1. The number of amides is 2. The summed E-state index contributed by atoms with van der Waals surface area (Å²) in [6.07, 6.45) is 2.74. The molecule has 1 saturated carbocycles. The number of alkyl carbamates (subject to hydrolysis) is 1. The first-order chi connectivity index (χ1) is 16.5. The minimum absolute atomic E-state index is 0.0106. The van der Waals surface area contributed by atoms with Crippen LogP contribution in [0, 0.1) is 11.8 Å². The maximum atomic E-state index is 12.7. The number of fused-ring (bicyclic) bond motifs is 6. The van der Waals surface area contributed by atoms with Crippen LogP contribution in [0.1, 0.15) is 49.1 Å². The summed E-state index contributed by atoms with van der Waals surface area (Å²) in [4.78, 5) is 38.3. The standard InChI is InChI=1S/C27H30N2O5/c30-25(29-15-17-11-12-24(29)22(14-17)26(31)32)10-5-13-28-27(33)34-16-23-20-8-3-1-6-18(20)19-7-2-4-9-21(19)23/h1-4,6-9,17,22-24H,5,10-16H2,(H,28,33)(H,31,32). The van der Waals surface area contributed by atoms with Crippen molar-refractivity contribution < 1.29 is 24.2 Å². The van der Waals surface area contributed by atoms with Crippen LogP contribution < -0.4 is 5.32 Å². The van der Waals surface area contributed by atoms with Gasteiger partial charge in [-0.2, -0.15) is 0 Å². The van der Waals surface area contributed by atoms with Crippen molar-refractivity contribution >= 4 is 18.0 Å². The van der Waals surface area contributed by atoms with E-state index in [1.807, 2.05) is 24.3 Å². The van der Waals surface area contributed by atoms with Gasteiger partial charge in [-0.05, 0) is 53.9 Å². The van der Waals surface area contributed by atoms with E-state index in [1.165, 1.54) is 11.1 Å². The first-order valence-electron chi connectivity index (χ1n) is 12.1. The number of benzene rings is 2. The second-order valence-corrected chi connectivity index (χ2v) is 9.59. The molecular formula is C27H30N2O5. The average Bonchev–Trinajstić information content (AvgIpc) is 3.19.